The van der Waals surface area contributed by atoms with E-state index in [2.05, 4.69) is 31.1 Å². The highest BCUT2D eigenvalue weighted by atomic mass is 16.5. The SMILES string of the molecule is CC(C)CNCCN(C)CCOCC1CC1. The van der Waals surface area contributed by atoms with E-state index >= 15 is 0 Å². The predicted octanol–water partition coefficient (Wildman–Crippen LogP) is 1.59. The van der Waals surface area contributed by atoms with Gasteiger partial charge in [-0.3, -0.25) is 0 Å². The van der Waals surface area contributed by atoms with E-state index in [4.69, 9.17) is 4.74 Å². The average Bonchev–Trinajstić information content (AvgIpc) is 3.03. The summed E-state index contributed by atoms with van der Waals surface area (Å²) in [4.78, 5) is 2.33. The number of nitrogens with zero attached hydrogens (tertiary/aromatic N) is 1. The summed E-state index contributed by atoms with van der Waals surface area (Å²) in [5.41, 5.74) is 0. The Morgan fingerprint density at radius 3 is 2.69 bits per heavy atom. The molecule has 0 aromatic carbocycles. The van der Waals surface area contributed by atoms with Crippen LogP contribution in [0, 0.1) is 11.8 Å². The van der Waals surface area contributed by atoms with Crippen molar-refractivity contribution in [3.05, 3.63) is 0 Å². The van der Waals surface area contributed by atoms with Crippen LogP contribution in [0.5, 0.6) is 0 Å². The minimum absolute atomic E-state index is 0.743. The molecule has 0 aliphatic heterocycles. The smallest absolute Gasteiger partial charge is 0.0593 e. The van der Waals surface area contributed by atoms with Crippen molar-refractivity contribution in [1.82, 2.24) is 10.2 Å². The van der Waals surface area contributed by atoms with Crippen LogP contribution in [0.1, 0.15) is 26.7 Å². The monoisotopic (exact) mass is 228 g/mol. The van der Waals surface area contributed by atoms with Crippen LogP contribution in [0.4, 0.5) is 0 Å². The summed E-state index contributed by atoms with van der Waals surface area (Å²) < 4.78 is 5.61. The maximum absolute atomic E-state index is 5.61. The fourth-order valence-corrected chi connectivity index (χ4v) is 1.53. The van der Waals surface area contributed by atoms with Gasteiger partial charge in [-0.1, -0.05) is 13.8 Å². The molecule has 1 fully saturated rings. The molecule has 0 unspecified atom stereocenters. The lowest BCUT2D eigenvalue weighted by Gasteiger charge is -2.17. The number of hydrogen-bond acceptors (Lipinski definition) is 3. The first kappa shape index (κ1) is 13.9. The van der Waals surface area contributed by atoms with E-state index in [1.165, 1.54) is 12.8 Å². The van der Waals surface area contributed by atoms with E-state index in [0.717, 1.165) is 51.2 Å². The molecule has 0 saturated heterocycles. The van der Waals surface area contributed by atoms with Crippen LogP contribution in [0.15, 0.2) is 0 Å². The van der Waals surface area contributed by atoms with Crippen LogP contribution in [0.2, 0.25) is 0 Å². The Kier molecular flexibility index (Phi) is 7.01. The van der Waals surface area contributed by atoms with E-state index in [1.807, 2.05) is 0 Å². The summed E-state index contributed by atoms with van der Waals surface area (Å²) in [6.45, 7) is 10.7. The largest absolute Gasteiger partial charge is 0.380 e. The third kappa shape index (κ3) is 8.08. The second-order valence-electron chi connectivity index (χ2n) is 5.42. The van der Waals surface area contributed by atoms with Gasteiger partial charge >= 0.3 is 0 Å². The third-order valence-corrected chi connectivity index (χ3v) is 2.89. The van der Waals surface area contributed by atoms with Crippen molar-refractivity contribution in [3.63, 3.8) is 0 Å². The maximum Gasteiger partial charge on any atom is 0.0593 e. The van der Waals surface area contributed by atoms with Crippen molar-refractivity contribution in [2.24, 2.45) is 11.8 Å². The summed E-state index contributed by atoms with van der Waals surface area (Å²) in [6.07, 6.45) is 2.77. The van der Waals surface area contributed by atoms with Gasteiger partial charge < -0.3 is 15.0 Å². The molecular weight excluding hydrogens is 200 g/mol. The predicted molar refractivity (Wildman–Crippen MR) is 68.7 cm³/mol. The average molecular weight is 228 g/mol. The Labute approximate surface area is 101 Å². The Morgan fingerprint density at radius 1 is 1.31 bits per heavy atom. The summed E-state index contributed by atoms with van der Waals surface area (Å²) in [6, 6.07) is 0. The first-order chi connectivity index (χ1) is 7.68. The first-order valence-corrected chi connectivity index (χ1v) is 6.65. The van der Waals surface area contributed by atoms with Crippen molar-refractivity contribution < 1.29 is 4.74 Å². The molecule has 0 bridgehead atoms. The lowest BCUT2D eigenvalue weighted by Crippen LogP contribution is -2.33. The van der Waals surface area contributed by atoms with Crippen LogP contribution < -0.4 is 5.32 Å². The molecule has 0 spiro atoms. The van der Waals surface area contributed by atoms with Crippen LogP contribution >= 0.6 is 0 Å². The molecule has 1 aliphatic carbocycles. The summed E-state index contributed by atoms with van der Waals surface area (Å²) >= 11 is 0. The normalized spacial score (nSPS) is 16.3. The van der Waals surface area contributed by atoms with Crippen LogP contribution in [0.25, 0.3) is 0 Å². The van der Waals surface area contributed by atoms with Crippen molar-refractivity contribution in [2.75, 3.05) is 46.4 Å². The topological polar surface area (TPSA) is 24.5 Å². The van der Waals surface area contributed by atoms with E-state index in [1.54, 1.807) is 0 Å². The molecule has 3 heteroatoms. The minimum atomic E-state index is 0.743. The molecular formula is C13H28N2O. The van der Waals surface area contributed by atoms with Gasteiger partial charge in [-0.05, 0) is 38.3 Å². The molecule has 1 N–H and O–H groups in total. The molecule has 0 radical (unpaired) electrons. The van der Waals surface area contributed by atoms with Crippen molar-refractivity contribution >= 4 is 0 Å². The highest BCUT2D eigenvalue weighted by molar-refractivity contribution is 4.72. The van der Waals surface area contributed by atoms with Crippen molar-refractivity contribution in [3.8, 4) is 0 Å². The number of ether oxygens (including phenoxy) is 1. The highest BCUT2D eigenvalue weighted by Gasteiger charge is 2.20. The molecule has 3 nitrogen and oxygen atoms in total. The highest BCUT2D eigenvalue weighted by Crippen LogP contribution is 2.28. The van der Waals surface area contributed by atoms with E-state index in [9.17, 15) is 0 Å². The van der Waals surface area contributed by atoms with Gasteiger partial charge in [0.25, 0.3) is 0 Å². The Hall–Kier alpha value is -0.120. The van der Waals surface area contributed by atoms with Gasteiger partial charge in [-0.15, -0.1) is 0 Å². The van der Waals surface area contributed by atoms with Crippen LogP contribution in [-0.2, 0) is 4.74 Å². The maximum atomic E-state index is 5.61. The lowest BCUT2D eigenvalue weighted by atomic mass is 10.2. The van der Waals surface area contributed by atoms with Crippen molar-refractivity contribution in [2.45, 2.75) is 26.7 Å². The Morgan fingerprint density at radius 2 is 2.06 bits per heavy atom. The Balaban J connectivity index is 1.79. The second-order valence-corrected chi connectivity index (χ2v) is 5.42. The van der Waals surface area contributed by atoms with Gasteiger partial charge in [0.15, 0.2) is 0 Å². The third-order valence-electron chi connectivity index (χ3n) is 2.89. The minimum Gasteiger partial charge on any atom is -0.380 e. The fraction of sp³-hybridized carbons (Fsp3) is 1.00. The second kappa shape index (κ2) is 8.04. The van der Waals surface area contributed by atoms with Crippen LogP contribution in [-0.4, -0.2) is 51.3 Å². The van der Waals surface area contributed by atoms with Gasteiger partial charge in [-0.25, -0.2) is 0 Å². The summed E-state index contributed by atoms with van der Waals surface area (Å²) in [5, 5.41) is 3.45. The molecule has 1 saturated carbocycles. The molecule has 0 aromatic heterocycles. The standard InChI is InChI=1S/C13H28N2O/c1-12(2)10-14-6-7-15(3)8-9-16-11-13-4-5-13/h12-14H,4-11H2,1-3H3. The van der Waals surface area contributed by atoms with Gasteiger partial charge in [-0.2, -0.15) is 0 Å². The zero-order valence-corrected chi connectivity index (χ0v) is 11.2. The molecule has 0 heterocycles. The molecule has 16 heavy (non-hydrogen) atoms. The van der Waals surface area contributed by atoms with E-state index in [-0.39, 0.29) is 0 Å². The van der Waals surface area contributed by atoms with Gasteiger partial charge in [0.2, 0.25) is 0 Å². The molecule has 1 rings (SSSR count). The zero-order chi connectivity index (χ0) is 11.8. The summed E-state index contributed by atoms with van der Waals surface area (Å²) in [7, 11) is 2.16. The molecule has 0 aromatic rings. The quantitative estimate of drug-likeness (QED) is 0.575. The lowest BCUT2D eigenvalue weighted by molar-refractivity contribution is 0.103. The Bertz CT molecular complexity index is 159. The summed E-state index contributed by atoms with van der Waals surface area (Å²) in [5.74, 6) is 1.63. The molecule has 0 amide bonds. The number of nitrogens with one attached hydrogen (secondary N) is 1. The number of hydrogen-bond donors (Lipinski definition) is 1. The first-order valence-electron chi connectivity index (χ1n) is 6.65. The zero-order valence-electron chi connectivity index (χ0n) is 11.2. The van der Waals surface area contributed by atoms with Gasteiger partial charge in [0.05, 0.1) is 6.61 Å². The van der Waals surface area contributed by atoms with E-state index < -0.39 is 0 Å². The molecule has 96 valence electrons. The van der Waals surface area contributed by atoms with Gasteiger partial charge in [0, 0.05) is 26.2 Å². The fourth-order valence-electron chi connectivity index (χ4n) is 1.53. The van der Waals surface area contributed by atoms with Crippen LogP contribution in [0.3, 0.4) is 0 Å². The number of likely N-dealkylation sites (N-methyl/N-ethyl adjacent to an activating group) is 1. The molecule has 0 atom stereocenters. The van der Waals surface area contributed by atoms with Crippen molar-refractivity contribution in [1.29, 1.82) is 0 Å². The molecule has 1 aliphatic rings. The number of rotatable bonds is 10. The van der Waals surface area contributed by atoms with Gasteiger partial charge in [0.1, 0.15) is 0 Å². The van der Waals surface area contributed by atoms with E-state index in [0.29, 0.717) is 0 Å².